The van der Waals surface area contributed by atoms with Crippen LogP contribution in [0.1, 0.15) is 36.5 Å². The van der Waals surface area contributed by atoms with Crippen molar-refractivity contribution in [3.05, 3.63) is 28.8 Å². The van der Waals surface area contributed by atoms with Crippen LogP contribution in [0, 0.1) is 5.92 Å². The maximum atomic E-state index is 12.2. The number of nitrogens with zero attached hydrogens (tertiary/aromatic N) is 1. The molecule has 1 heterocycles. The van der Waals surface area contributed by atoms with Gasteiger partial charge in [0.1, 0.15) is 0 Å². The first-order valence-corrected chi connectivity index (χ1v) is 7.47. The molecular formula is C15H19ClN2O3. The number of halogens is 1. The zero-order valence-electron chi connectivity index (χ0n) is 11.9. The number of nitrogens with one attached hydrogen (secondary N) is 1. The topological polar surface area (TPSA) is 69.6 Å². The Morgan fingerprint density at radius 3 is 2.86 bits per heavy atom. The number of hydrogen-bond donors (Lipinski definition) is 2. The minimum Gasteiger partial charge on any atom is -0.478 e. The van der Waals surface area contributed by atoms with E-state index in [-0.39, 0.29) is 16.6 Å². The number of carbonyl (C=O) groups is 2. The molecule has 1 aromatic rings. The summed E-state index contributed by atoms with van der Waals surface area (Å²) in [6.07, 6.45) is 3.31. The first kappa shape index (κ1) is 15.6. The van der Waals surface area contributed by atoms with Gasteiger partial charge in [0.05, 0.1) is 10.6 Å². The first-order valence-electron chi connectivity index (χ1n) is 7.10. The molecule has 1 aromatic carbocycles. The van der Waals surface area contributed by atoms with E-state index in [2.05, 4.69) is 12.2 Å². The summed E-state index contributed by atoms with van der Waals surface area (Å²) >= 11 is 5.89. The number of carboxylic acid groups (broad SMARTS) is 1. The number of rotatable bonds is 4. The van der Waals surface area contributed by atoms with Gasteiger partial charge >= 0.3 is 12.0 Å². The molecule has 1 unspecified atom stereocenters. The fourth-order valence-corrected chi connectivity index (χ4v) is 2.89. The number of carboxylic acids is 1. The lowest BCUT2D eigenvalue weighted by molar-refractivity contribution is 0.0697. The minimum atomic E-state index is -1.08. The van der Waals surface area contributed by atoms with E-state index in [0.29, 0.717) is 11.6 Å². The highest BCUT2D eigenvalue weighted by Crippen LogP contribution is 2.24. The molecule has 1 saturated heterocycles. The highest BCUT2D eigenvalue weighted by molar-refractivity contribution is 6.33. The third-order valence-electron chi connectivity index (χ3n) is 3.72. The van der Waals surface area contributed by atoms with Crippen molar-refractivity contribution in [3.8, 4) is 0 Å². The third-order valence-corrected chi connectivity index (χ3v) is 4.03. The van der Waals surface area contributed by atoms with Gasteiger partial charge in [0.2, 0.25) is 0 Å². The summed E-state index contributed by atoms with van der Waals surface area (Å²) in [6.45, 7) is 3.69. The van der Waals surface area contributed by atoms with Gasteiger partial charge in [-0.15, -0.1) is 0 Å². The van der Waals surface area contributed by atoms with E-state index in [4.69, 9.17) is 16.7 Å². The Hall–Kier alpha value is -1.75. The molecule has 2 amide bonds. The van der Waals surface area contributed by atoms with Crippen LogP contribution in [0.25, 0.3) is 0 Å². The average molecular weight is 311 g/mol. The van der Waals surface area contributed by atoms with Gasteiger partial charge in [0.15, 0.2) is 0 Å². The van der Waals surface area contributed by atoms with Gasteiger partial charge < -0.3 is 15.3 Å². The Morgan fingerprint density at radius 2 is 2.24 bits per heavy atom. The van der Waals surface area contributed by atoms with Crippen LogP contribution in [0.2, 0.25) is 5.02 Å². The Bertz CT molecular complexity index is 548. The van der Waals surface area contributed by atoms with Crippen molar-refractivity contribution in [1.29, 1.82) is 0 Å². The number of carbonyl (C=O) groups excluding carboxylic acids is 1. The van der Waals surface area contributed by atoms with Crippen molar-refractivity contribution < 1.29 is 14.7 Å². The van der Waals surface area contributed by atoms with E-state index in [0.717, 1.165) is 32.4 Å². The summed E-state index contributed by atoms with van der Waals surface area (Å²) in [7, 11) is 0. The van der Waals surface area contributed by atoms with Gasteiger partial charge in [-0.3, -0.25) is 0 Å². The zero-order valence-corrected chi connectivity index (χ0v) is 12.7. The SMILES string of the molecule is CCCC1CCN(C(=O)Nc2ccc(C(=O)O)c(Cl)c2)C1. The van der Waals surface area contributed by atoms with E-state index in [9.17, 15) is 9.59 Å². The summed E-state index contributed by atoms with van der Waals surface area (Å²) in [5.74, 6) is -0.501. The van der Waals surface area contributed by atoms with Crippen molar-refractivity contribution in [1.82, 2.24) is 4.90 Å². The fraction of sp³-hybridized carbons (Fsp3) is 0.467. The van der Waals surface area contributed by atoms with E-state index < -0.39 is 5.97 Å². The quantitative estimate of drug-likeness (QED) is 0.891. The minimum absolute atomic E-state index is 0.0267. The Morgan fingerprint density at radius 1 is 1.48 bits per heavy atom. The summed E-state index contributed by atoms with van der Waals surface area (Å²) in [5, 5.41) is 11.8. The molecule has 2 rings (SSSR count). The second-order valence-electron chi connectivity index (χ2n) is 5.32. The lowest BCUT2D eigenvalue weighted by atomic mass is 10.0. The monoisotopic (exact) mass is 310 g/mol. The molecule has 1 aliphatic rings. The standard InChI is InChI=1S/C15H19ClN2O3/c1-2-3-10-6-7-18(9-10)15(21)17-11-4-5-12(14(19)20)13(16)8-11/h4-5,8,10H,2-3,6-7,9H2,1H3,(H,17,21)(H,19,20). The maximum absolute atomic E-state index is 12.2. The third kappa shape index (κ3) is 3.88. The molecule has 6 heteroatoms. The van der Waals surface area contributed by atoms with Crippen LogP contribution in [0.5, 0.6) is 0 Å². The van der Waals surface area contributed by atoms with Crippen LogP contribution in [-0.2, 0) is 0 Å². The summed E-state index contributed by atoms with van der Waals surface area (Å²) < 4.78 is 0. The second-order valence-corrected chi connectivity index (χ2v) is 5.73. The largest absolute Gasteiger partial charge is 0.478 e. The van der Waals surface area contributed by atoms with Gasteiger partial charge in [-0.25, -0.2) is 9.59 Å². The van der Waals surface area contributed by atoms with Gasteiger partial charge in [-0.1, -0.05) is 24.9 Å². The Kier molecular flexibility index (Phi) is 5.07. The van der Waals surface area contributed by atoms with Crippen molar-refractivity contribution in [2.75, 3.05) is 18.4 Å². The lowest BCUT2D eigenvalue weighted by Gasteiger charge is -2.17. The molecule has 0 bridgehead atoms. The van der Waals surface area contributed by atoms with Gasteiger partial charge in [0.25, 0.3) is 0 Å². The molecule has 1 atom stereocenters. The molecule has 1 aliphatic heterocycles. The number of hydrogen-bond acceptors (Lipinski definition) is 2. The molecule has 0 saturated carbocycles. The molecule has 0 aliphatic carbocycles. The van der Waals surface area contributed by atoms with Gasteiger partial charge in [-0.05, 0) is 37.0 Å². The zero-order chi connectivity index (χ0) is 15.4. The lowest BCUT2D eigenvalue weighted by Crippen LogP contribution is -2.33. The predicted octanol–water partition coefficient (Wildman–Crippen LogP) is 3.69. The van der Waals surface area contributed by atoms with Crippen LogP contribution < -0.4 is 5.32 Å². The Labute approximate surface area is 128 Å². The number of likely N-dealkylation sites (tertiary alicyclic amines) is 1. The van der Waals surface area contributed by atoms with Crippen LogP contribution in [0.15, 0.2) is 18.2 Å². The summed E-state index contributed by atoms with van der Waals surface area (Å²) in [4.78, 5) is 24.8. The molecule has 21 heavy (non-hydrogen) atoms. The number of aromatic carboxylic acids is 1. The molecule has 0 aromatic heterocycles. The number of anilines is 1. The van der Waals surface area contributed by atoms with Gasteiger partial charge in [-0.2, -0.15) is 0 Å². The Balaban J connectivity index is 1.97. The number of urea groups is 1. The van der Waals surface area contributed by atoms with Crippen LogP contribution in [0.4, 0.5) is 10.5 Å². The number of benzene rings is 1. The van der Waals surface area contributed by atoms with Crippen LogP contribution >= 0.6 is 11.6 Å². The molecule has 114 valence electrons. The summed E-state index contributed by atoms with van der Waals surface area (Å²) in [5.41, 5.74) is 0.535. The normalized spacial score (nSPS) is 17.8. The number of amides is 2. The molecule has 2 N–H and O–H groups in total. The van der Waals surface area contributed by atoms with Crippen molar-refractivity contribution in [3.63, 3.8) is 0 Å². The van der Waals surface area contributed by atoms with Crippen molar-refractivity contribution in [2.45, 2.75) is 26.2 Å². The van der Waals surface area contributed by atoms with E-state index in [1.807, 2.05) is 0 Å². The first-order chi connectivity index (χ1) is 10.0. The highest BCUT2D eigenvalue weighted by atomic mass is 35.5. The molecule has 0 spiro atoms. The molecule has 0 radical (unpaired) electrons. The van der Waals surface area contributed by atoms with E-state index in [1.54, 1.807) is 11.0 Å². The van der Waals surface area contributed by atoms with E-state index >= 15 is 0 Å². The molecule has 1 fully saturated rings. The molecule has 5 nitrogen and oxygen atoms in total. The second kappa shape index (κ2) is 6.80. The smallest absolute Gasteiger partial charge is 0.337 e. The van der Waals surface area contributed by atoms with Crippen LogP contribution in [-0.4, -0.2) is 35.1 Å². The molecular weight excluding hydrogens is 292 g/mol. The predicted molar refractivity (Wildman–Crippen MR) is 82.0 cm³/mol. The van der Waals surface area contributed by atoms with Crippen molar-refractivity contribution >= 4 is 29.3 Å². The van der Waals surface area contributed by atoms with E-state index in [1.165, 1.54) is 12.1 Å². The fourth-order valence-electron chi connectivity index (χ4n) is 2.63. The van der Waals surface area contributed by atoms with Crippen LogP contribution in [0.3, 0.4) is 0 Å². The van der Waals surface area contributed by atoms with Crippen molar-refractivity contribution in [2.24, 2.45) is 5.92 Å². The average Bonchev–Trinajstić information content (AvgIpc) is 2.87. The summed E-state index contributed by atoms with van der Waals surface area (Å²) in [6, 6.07) is 4.24. The highest BCUT2D eigenvalue weighted by Gasteiger charge is 2.25. The maximum Gasteiger partial charge on any atom is 0.337 e. The van der Waals surface area contributed by atoms with Gasteiger partial charge in [0, 0.05) is 18.8 Å².